The summed E-state index contributed by atoms with van der Waals surface area (Å²) < 4.78 is 7.28. The number of furan rings is 1. The molecule has 0 atom stereocenters. The van der Waals surface area contributed by atoms with Gasteiger partial charge in [-0.15, -0.1) is 0 Å². The zero-order valence-electron chi connectivity index (χ0n) is 21.4. The summed E-state index contributed by atoms with van der Waals surface area (Å²) in [5.74, 6) is 0.388. The minimum absolute atomic E-state index is 0.163. The van der Waals surface area contributed by atoms with Crippen LogP contribution in [0.5, 0.6) is 0 Å². The number of aryl methyl sites for hydroxylation is 1. The lowest BCUT2D eigenvalue weighted by Gasteiger charge is -2.21. The Morgan fingerprint density at radius 1 is 0.949 bits per heavy atom. The van der Waals surface area contributed by atoms with Crippen molar-refractivity contribution < 1.29 is 14.0 Å². The largest absolute Gasteiger partial charge is 0.467 e. The lowest BCUT2D eigenvalue weighted by molar-refractivity contribution is -0.135. The number of carbonyl (C=O) groups excluding carboxylic acids is 2. The molecule has 7 nitrogen and oxygen atoms in total. The van der Waals surface area contributed by atoms with Gasteiger partial charge in [0, 0.05) is 22.5 Å². The van der Waals surface area contributed by atoms with E-state index >= 15 is 0 Å². The number of amides is 2. The number of benzene rings is 3. The van der Waals surface area contributed by atoms with Crippen LogP contribution in [0.4, 0.5) is 5.95 Å². The van der Waals surface area contributed by atoms with E-state index in [1.807, 2.05) is 84.4 Å². The van der Waals surface area contributed by atoms with E-state index in [1.165, 1.54) is 4.90 Å². The molecule has 5 rings (SSSR count). The van der Waals surface area contributed by atoms with E-state index in [1.54, 1.807) is 30.5 Å². The molecule has 0 spiro atoms. The summed E-state index contributed by atoms with van der Waals surface area (Å²) in [6, 6.07) is 28.3. The highest BCUT2D eigenvalue weighted by molar-refractivity contribution is 6.30. The summed E-state index contributed by atoms with van der Waals surface area (Å²) in [7, 11) is 0. The predicted octanol–water partition coefficient (Wildman–Crippen LogP) is 6.30. The van der Waals surface area contributed by atoms with Crippen molar-refractivity contribution in [2.24, 2.45) is 0 Å². The third kappa shape index (κ3) is 6.64. The van der Waals surface area contributed by atoms with E-state index in [9.17, 15) is 9.59 Å². The number of anilines is 1. The zero-order valence-corrected chi connectivity index (χ0v) is 22.1. The first-order chi connectivity index (χ1) is 18.9. The van der Waals surface area contributed by atoms with Crippen LogP contribution in [0.25, 0.3) is 16.9 Å². The van der Waals surface area contributed by atoms with Crippen molar-refractivity contribution in [2.45, 2.75) is 19.9 Å². The van der Waals surface area contributed by atoms with Gasteiger partial charge in [-0.3, -0.25) is 19.5 Å². The van der Waals surface area contributed by atoms with E-state index in [0.29, 0.717) is 22.4 Å². The minimum atomic E-state index is -0.371. The fraction of sp³-hybridized carbons (Fsp3) is 0.129. The topological polar surface area (TPSA) is 80.4 Å². The van der Waals surface area contributed by atoms with E-state index in [-0.39, 0.29) is 31.3 Å². The second-order valence-corrected chi connectivity index (χ2v) is 9.64. The predicted molar refractivity (Wildman–Crippen MR) is 152 cm³/mol. The molecule has 2 amide bonds. The first-order valence-electron chi connectivity index (χ1n) is 12.5. The van der Waals surface area contributed by atoms with Gasteiger partial charge in [0.25, 0.3) is 0 Å². The molecule has 0 aliphatic rings. The highest BCUT2D eigenvalue weighted by atomic mass is 35.5. The van der Waals surface area contributed by atoms with Gasteiger partial charge in [-0.05, 0) is 48.9 Å². The van der Waals surface area contributed by atoms with Gasteiger partial charge in [0.1, 0.15) is 12.3 Å². The van der Waals surface area contributed by atoms with Gasteiger partial charge in [-0.1, -0.05) is 71.8 Å². The Balaban J connectivity index is 1.40. The van der Waals surface area contributed by atoms with Crippen molar-refractivity contribution >= 4 is 29.4 Å². The van der Waals surface area contributed by atoms with Crippen LogP contribution in [0.15, 0.2) is 108 Å². The molecule has 0 saturated heterocycles. The summed E-state index contributed by atoms with van der Waals surface area (Å²) in [6.07, 6.45) is 3.59. The summed E-state index contributed by atoms with van der Waals surface area (Å²) >= 11 is 6.07. The van der Waals surface area contributed by atoms with Crippen molar-refractivity contribution in [2.75, 3.05) is 11.9 Å². The van der Waals surface area contributed by atoms with E-state index in [2.05, 4.69) is 5.32 Å². The molecule has 0 radical (unpaired) electrons. The van der Waals surface area contributed by atoms with Gasteiger partial charge >= 0.3 is 0 Å². The molecule has 0 saturated carbocycles. The second kappa shape index (κ2) is 11.8. The maximum Gasteiger partial charge on any atom is 0.246 e. The van der Waals surface area contributed by atoms with Crippen LogP contribution >= 0.6 is 11.6 Å². The highest BCUT2D eigenvalue weighted by Crippen LogP contribution is 2.26. The van der Waals surface area contributed by atoms with Crippen LogP contribution < -0.4 is 5.32 Å². The summed E-state index contributed by atoms with van der Waals surface area (Å²) in [4.78, 5) is 32.8. The van der Waals surface area contributed by atoms with Crippen LogP contribution in [-0.2, 0) is 22.6 Å². The Morgan fingerprint density at radius 3 is 2.38 bits per heavy atom. The molecule has 196 valence electrons. The quantitative estimate of drug-likeness (QED) is 0.239. The molecule has 0 aliphatic carbocycles. The Morgan fingerprint density at radius 2 is 1.69 bits per heavy atom. The standard InChI is InChI=1S/C31H27ClN4O3/c1-22-9-15-26(16-10-22)36-20-28(24-11-13-25(32)14-12-24)33-31(36)34-29(37)21-35(19-27-8-5-17-39-27)30(38)18-23-6-3-2-4-7-23/h2-17,20H,18-19,21H2,1H3,(H,33,34,37). The molecule has 0 bridgehead atoms. The average molecular weight is 539 g/mol. The molecule has 1 N–H and O–H groups in total. The maximum atomic E-state index is 13.3. The number of imidazole rings is 1. The summed E-state index contributed by atoms with van der Waals surface area (Å²) in [5.41, 5.74) is 4.37. The number of nitrogens with one attached hydrogen (secondary N) is 1. The van der Waals surface area contributed by atoms with Gasteiger partial charge in [-0.2, -0.15) is 0 Å². The van der Waals surface area contributed by atoms with Gasteiger partial charge in [0.05, 0.1) is 24.9 Å². The van der Waals surface area contributed by atoms with Crippen molar-refractivity contribution in [3.05, 3.63) is 125 Å². The van der Waals surface area contributed by atoms with E-state index in [4.69, 9.17) is 21.0 Å². The Hall–Kier alpha value is -4.62. The minimum Gasteiger partial charge on any atom is -0.467 e. The van der Waals surface area contributed by atoms with Crippen LogP contribution in [0.3, 0.4) is 0 Å². The van der Waals surface area contributed by atoms with Crippen molar-refractivity contribution in [1.29, 1.82) is 0 Å². The summed E-state index contributed by atoms with van der Waals surface area (Å²) in [6.45, 7) is 2.03. The lowest BCUT2D eigenvalue weighted by atomic mass is 10.1. The zero-order chi connectivity index (χ0) is 27.2. The van der Waals surface area contributed by atoms with Crippen LogP contribution in [0.2, 0.25) is 5.02 Å². The van der Waals surface area contributed by atoms with Gasteiger partial charge in [-0.25, -0.2) is 4.98 Å². The van der Waals surface area contributed by atoms with Crippen molar-refractivity contribution in [3.63, 3.8) is 0 Å². The maximum absolute atomic E-state index is 13.3. The summed E-state index contributed by atoms with van der Waals surface area (Å²) in [5, 5.41) is 3.54. The fourth-order valence-corrected chi connectivity index (χ4v) is 4.30. The molecule has 8 heteroatoms. The SMILES string of the molecule is Cc1ccc(-n2cc(-c3ccc(Cl)cc3)nc2NC(=O)CN(Cc2ccco2)C(=O)Cc2ccccc2)cc1. The Labute approximate surface area is 231 Å². The molecule has 2 aromatic heterocycles. The number of hydrogen-bond donors (Lipinski definition) is 1. The average Bonchev–Trinajstić information content (AvgIpc) is 3.60. The number of nitrogens with zero attached hydrogens (tertiary/aromatic N) is 3. The molecule has 2 heterocycles. The Kier molecular flexibility index (Phi) is 7.89. The number of hydrogen-bond acceptors (Lipinski definition) is 4. The number of aromatic nitrogens is 2. The van der Waals surface area contributed by atoms with Crippen LogP contribution in [0.1, 0.15) is 16.9 Å². The van der Waals surface area contributed by atoms with Gasteiger partial charge in [0.2, 0.25) is 17.8 Å². The number of halogens is 1. The molecule has 0 unspecified atom stereocenters. The first-order valence-corrected chi connectivity index (χ1v) is 12.9. The molecule has 39 heavy (non-hydrogen) atoms. The van der Waals surface area contributed by atoms with Crippen molar-refractivity contribution in [1.82, 2.24) is 14.5 Å². The smallest absolute Gasteiger partial charge is 0.246 e. The van der Waals surface area contributed by atoms with Crippen LogP contribution in [0, 0.1) is 6.92 Å². The van der Waals surface area contributed by atoms with E-state index < -0.39 is 0 Å². The number of carbonyl (C=O) groups is 2. The van der Waals surface area contributed by atoms with Gasteiger partial charge in [0.15, 0.2) is 0 Å². The third-order valence-electron chi connectivity index (χ3n) is 6.22. The third-order valence-corrected chi connectivity index (χ3v) is 6.47. The second-order valence-electron chi connectivity index (χ2n) is 9.20. The normalized spacial score (nSPS) is 10.8. The molecule has 0 fully saturated rings. The molecule has 3 aromatic carbocycles. The van der Waals surface area contributed by atoms with Crippen molar-refractivity contribution in [3.8, 4) is 16.9 Å². The molecule has 5 aromatic rings. The monoisotopic (exact) mass is 538 g/mol. The number of rotatable bonds is 9. The fourth-order valence-electron chi connectivity index (χ4n) is 4.17. The molecule has 0 aliphatic heterocycles. The highest BCUT2D eigenvalue weighted by Gasteiger charge is 2.21. The molecular formula is C31H27ClN4O3. The van der Waals surface area contributed by atoms with Crippen LogP contribution in [-0.4, -0.2) is 32.8 Å². The van der Waals surface area contributed by atoms with E-state index in [0.717, 1.165) is 22.4 Å². The Bertz CT molecular complexity index is 1540. The molecular weight excluding hydrogens is 512 g/mol. The van der Waals surface area contributed by atoms with Gasteiger partial charge < -0.3 is 9.32 Å². The first kappa shape index (κ1) is 26.0. The lowest BCUT2D eigenvalue weighted by Crippen LogP contribution is -2.38.